The van der Waals surface area contributed by atoms with Crippen LogP contribution in [0.3, 0.4) is 0 Å². The van der Waals surface area contributed by atoms with E-state index in [4.69, 9.17) is 9.47 Å². The van der Waals surface area contributed by atoms with Crippen molar-refractivity contribution in [1.82, 2.24) is 10.6 Å². The largest absolute Gasteiger partial charge is 0.497 e. The summed E-state index contributed by atoms with van der Waals surface area (Å²) in [4.78, 5) is 29.0. The van der Waals surface area contributed by atoms with E-state index in [2.05, 4.69) is 20.4 Å². The van der Waals surface area contributed by atoms with E-state index in [0.717, 1.165) is 0 Å². The first-order valence-corrected chi connectivity index (χ1v) is 8.85. The van der Waals surface area contributed by atoms with Crippen molar-refractivity contribution >= 4 is 17.8 Å². The Morgan fingerprint density at radius 1 is 1.13 bits per heavy atom. The van der Waals surface area contributed by atoms with Gasteiger partial charge < -0.3 is 14.2 Å². The fraction of sp³-hybridized carbons (Fsp3) is 0.250. The minimum atomic E-state index is -2.96. The average Bonchev–Trinajstić information content (AvgIpc) is 2.72. The van der Waals surface area contributed by atoms with Gasteiger partial charge in [0.05, 0.1) is 26.7 Å². The van der Waals surface area contributed by atoms with Crippen LogP contribution in [0.4, 0.5) is 8.78 Å². The summed E-state index contributed by atoms with van der Waals surface area (Å²) in [5, 5.41) is 5.01. The van der Waals surface area contributed by atoms with Gasteiger partial charge in [-0.3, -0.25) is 20.2 Å². The standard InChI is InChI=1S/C20H19F2N3O5/c1-28-13-7-8-16(29-2)14(9-13)15-10-17(26)24-20(23-15)25-18(27)11-3-5-12(6-4-11)30-19(21)22/h3-9,15,19H,10H2,1-2H3,(H2,23,24,25,26,27)/t15-/m0/s1. The lowest BCUT2D eigenvalue weighted by molar-refractivity contribution is -0.120. The van der Waals surface area contributed by atoms with E-state index >= 15 is 0 Å². The van der Waals surface area contributed by atoms with Gasteiger partial charge in [0.25, 0.3) is 5.91 Å². The number of benzene rings is 2. The van der Waals surface area contributed by atoms with E-state index in [0.29, 0.717) is 17.1 Å². The fourth-order valence-electron chi connectivity index (χ4n) is 2.90. The second kappa shape index (κ2) is 9.21. The predicted molar refractivity (Wildman–Crippen MR) is 103 cm³/mol. The number of hydrogen-bond donors (Lipinski definition) is 2. The Labute approximate surface area is 170 Å². The van der Waals surface area contributed by atoms with Crippen molar-refractivity contribution in [3.63, 3.8) is 0 Å². The molecule has 8 nitrogen and oxygen atoms in total. The number of alkyl halides is 2. The lowest BCUT2D eigenvalue weighted by atomic mass is 10.0. The molecular formula is C20H19F2N3O5. The zero-order valence-corrected chi connectivity index (χ0v) is 16.1. The van der Waals surface area contributed by atoms with Crippen LogP contribution in [0.25, 0.3) is 0 Å². The molecule has 0 aliphatic carbocycles. The van der Waals surface area contributed by atoms with Crippen LogP contribution in [-0.4, -0.2) is 38.6 Å². The van der Waals surface area contributed by atoms with Crippen LogP contribution in [0.5, 0.6) is 17.2 Å². The minimum absolute atomic E-state index is 0.0287. The van der Waals surface area contributed by atoms with Crippen LogP contribution < -0.4 is 24.8 Å². The van der Waals surface area contributed by atoms with E-state index in [1.807, 2.05) is 0 Å². The van der Waals surface area contributed by atoms with Gasteiger partial charge in [-0.15, -0.1) is 0 Å². The van der Waals surface area contributed by atoms with E-state index < -0.39 is 18.6 Å². The Morgan fingerprint density at radius 3 is 2.47 bits per heavy atom. The quantitative estimate of drug-likeness (QED) is 0.750. The summed E-state index contributed by atoms with van der Waals surface area (Å²) in [5.74, 6) is 0.0871. The lowest BCUT2D eigenvalue weighted by Gasteiger charge is -2.23. The first kappa shape index (κ1) is 21.0. The smallest absolute Gasteiger partial charge is 0.387 e. The van der Waals surface area contributed by atoms with Crippen LogP contribution in [-0.2, 0) is 4.79 Å². The molecule has 2 amide bonds. The maximum Gasteiger partial charge on any atom is 0.387 e. The molecule has 158 valence electrons. The number of methoxy groups -OCH3 is 2. The van der Waals surface area contributed by atoms with Gasteiger partial charge in [-0.1, -0.05) is 0 Å². The molecule has 1 atom stereocenters. The second-order valence-electron chi connectivity index (χ2n) is 6.21. The number of hydrogen-bond acceptors (Lipinski definition) is 6. The van der Waals surface area contributed by atoms with Gasteiger partial charge in [-0.25, -0.2) is 4.99 Å². The topological polar surface area (TPSA) is 98.2 Å². The van der Waals surface area contributed by atoms with Crippen LogP contribution >= 0.6 is 0 Å². The molecule has 0 radical (unpaired) electrons. The molecule has 0 bridgehead atoms. The summed E-state index contributed by atoms with van der Waals surface area (Å²) in [5.41, 5.74) is 0.807. The van der Waals surface area contributed by atoms with Gasteiger partial charge >= 0.3 is 6.61 Å². The zero-order valence-electron chi connectivity index (χ0n) is 16.1. The third kappa shape index (κ3) is 5.02. The maximum atomic E-state index is 12.4. The SMILES string of the molecule is COc1ccc(OC)c([C@@H]2CC(=O)NC(NC(=O)c3ccc(OC(F)F)cc3)=N2)c1. The van der Waals surface area contributed by atoms with E-state index in [9.17, 15) is 18.4 Å². The Morgan fingerprint density at radius 2 is 1.83 bits per heavy atom. The van der Waals surface area contributed by atoms with Gasteiger partial charge in [0, 0.05) is 11.1 Å². The molecule has 0 saturated heterocycles. The van der Waals surface area contributed by atoms with Gasteiger partial charge in [-0.2, -0.15) is 8.78 Å². The Kier molecular flexibility index (Phi) is 6.45. The molecule has 0 aromatic heterocycles. The van der Waals surface area contributed by atoms with Crippen molar-refractivity contribution in [2.45, 2.75) is 19.1 Å². The van der Waals surface area contributed by atoms with Crippen molar-refractivity contribution in [3.8, 4) is 17.2 Å². The molecule has 2 N–H and O–H groups in total. The predicted octanol–water partition coefficient (Wildman–Crippen LogP) is 2.65. The Balaban J connectivity index is 1.80. The number of guanidine groups is 1. The number of ether oxygens (including phenoxy) is 3. The molecule has 3 rings (SSSR count). The Hall–Kier alpha value is -3.69. The number of halogens is 2. The Bertz CT molecular complexity index is 963. The molecule has 2 aromatic rings. The van der Waals surface area contributed by atoms with Crippen molar-refractivity contribution in [3.05, 3.63) is 53.6 Å². The first-order valence-electron chi connectivity index (χ1n) is 8.85. The van der Waals surface area contributed by atoms with Crippen LogP contribution in [0.1, 0.15) is 28.4 Å². The van der Waals surface area contributed by atoms with Crippen molar-refractivity contribution in [1.29, 1.82) is 0 Å². The van der Waals surface area contributed by atoms with Gasteiger partial charge in [0.2, 0.25) is 11.9 Å². The highest BCUT2D eigenvalue weighted by atomic mass is 19.3. The van der Waals surface area contributed by atoms with E-state index in [-0.39, 0.29) is 29.6 Å². The molecule has 0 spiro atoms. The highest BCUT2D eigenvalue weighted by Gasteiger charge is 2.26. The summed E-state index contributed by atoms with van der Waals surface area (Å²) >= 11 is 0. The summed E-state index contributed by atoms with van der Waals surface area (Å²) in [7, 11) is 3.02. The molecule has 1 aliphatic rings. The number of nitrogens with zero attached hydrogens (tertiary/aromatic N) is 1. The molecular weight excluding hydrogens is 400 g/mol. The highest BCUT2D eigenvalue weighted by Crippen LogP contribution is 2.34. The number of rotatable bonds is 6. The van der Waals surface area contributed by atoms with Crippen LogP contribution in [0.2, 0.25) is 0 Å². The third-order valence-corrected chi connectivity index (χ3v) is 4.29. The summed E-state index contributed by atoms with van der Waals surface area (Å²) in [6.07, 6.45) is 0.0581. The number of carbonyl (C=O) groups is 2. The van der Waals surface area contributed by atoms with Crippen molar-refractivity contribution < 1.29 is 32.6 Å². The van der Waals surface area contributed by atoms with Crippen LogP contribution in [0.15, 0.2) is 47.5 Å². The summed E-state index contributed by atoms with van der Waals surface area (Å²) < 4.78 is 39.3. The molecule has 0 saturated carbocycles. The van der Waals surface area contributed by atoms with Gasteiger partial charge in [0.15, 0.2) is 0 Å². The molecule has 0 unspecified atom stereocenters. The highest BCUT2D eigenvalue weighted by molar-refractivity contribution is 6.10. The minimum Gasteiger partial charge on any atom is -0.497 e. The number of amides is 2. The zero-order chi connectivity index (χ0) is 21.7. The molecule has 1 heterocycles. The van der Waals surface area contributed by atoms with Crippen LogP contribution in [0, 0.1) is 0 Å². The number of nitrogens with one attached hydrogen (secondary N) is 2. The van der Waals surface area contributed by atoms with E-state index in [1.165, 1.54) is 38.5 Å². The van der Waals surface area contributed by atoms with Crippen molar-refractivity contribution in [2.24, 2.45) is 4.99 Å². The molecule has 0 fully saturated rings. The molecule has 10 heteroatoms. The third-order valence-electron chi connectivity index (χ3n) is 4.29. The van der Waals surface area contributed by atoms with E-state index in [1.54, 1.807) is 18.2 Å². The monoisotopic (exact) mass is 419 g/mol. The summed E-state index contributed by atoms with van der Waals surface area (Å²) in [6.45, 7) is -2.96. The molecule has 1 aliphatic heterocycles. The lowest BCUT2D eigenvalue weighted by Crippen LogP contribution is -2.47. The number of aliphatic imine (C=N–C) groups is 1. The van der Waals surface area contributed by atoms with Gasteiger partial charge in [-0.05, 0) is 42.5 Å². The number of carbonyl (C=O) groups excluding carboxylic acids is 2. The molecule has 2 aromatic carbocycles. The normalized spacial score (nSPS) is 15.8. The average molecular weight is 419 g/mol. The van der Waals surface area contributed by atoms with Crippen molar-refractivity contribution in [2.75, 3.05) is 14.2 Å². The second-order valence-corrected chi connectivity index (χ2v) is 6.21. The fourth-order valence-corrected chi connectivity index (χ4v) is 2.90. The van der Waals surface area contributed by atoms with Gasteiger partial charge in [0.1, 0.15) is 17.2 Å². The summed E-state index contributed by atoms with van der Waals surface area (Å²) in [6, 6.07) is 9.67. The first-order chi connectivity index (χ1) is 14.4. The maximum absolute atomic E-state index is 12.4. The molecule has 30 heavy (non-hydrogen) atoms.